The standard InChI is InChI=1S/C19H27NO3S2/c1-13-5-3-4-6-15(13)20-18(21)12-23-16-8-7-14(11-17(16)22-2)19-24-9-10-25-19/h7-8,11,13,15,19H,3-6,9-10,12H2,1-2H3,(H,20,21)/t13-,15-/m0/s1. The Morgan fingerprint density at radius 1 is 1.20 bits per heavy atom. The first kappa shape index (κ1) is 18.8. The molecule has 1 aliphatic carbocycles. The molecule has 1 N–H and O–H groups in total. The third-order valence-electron chi connectivity index (χ3n) is 4.90. The van der Waals surface area contributed by atoms with Crippen LogP contribution in [0.2, 0.25) is 0 Å². The highest BCUT2D eigenvalue weighted by Gasteiger charge is 2.23. The lowest BCUT2D eigenvalue weighted by molar-refractivity contribution is -0.124. The predicted octanol–water partition coefficient (Wildman–Crippen LogP) is 4.25. The summed E-state index contributed by atoms with van der Waals surface area (Å²) in [5.41, 5.74) is 1.25. The van der Waals surface area contributed by atoms with Crippen molar-refractivity contribution in [2.75, 3.05) is 25.2 Å². The average molecular weight is 382 g/mol. The van der Waals surface area contributed by atoms with E-state index in [0.717, 1.165) is 6.42 Å². The van der Waals surface area contributed by atoms with E-state index in [-0.39, 0.29) is 18.6 Å². The van der Waals surface area contributed by atoms with Gasteiger partial charge >= 0.3 is 0 Å². The number of methoxy groups -OCH3 is 1. The summed E-state index contributed by atoms with van der Waals surface area (Å²) in [7, 11) is 1.64. The Morgan fingerprint density at radius 3 is 2.68 bits per heavy atom. The van der Waals surface area contributed by atoms with Gasteiger partial charge in [0.05, 0.1) is 11.7 Å². The molecule has 1 aromatic rings. The second kappa shape index (κ2) is 9.08. The number of amides is 1. The Labute approximate surface area is 158 Å². The van der Waals surface area contributed by atoms with E-state index in [1.165, 1.54) is 36.3 Å². The zero-order valence-corrected chi connectivity index (χ0v) is 16.6. The SMILES string of the molecule is COc1cc(C2SCCS2)ccc1OCC(=O)N[C@H]1CCCC[C@@H]1C. The van der Waals surface area contributed by atoms with E-state index in [2.05, 4.69) is 18.3 Å². The molecule has 25 heavy (non-hydrogen) atoms. The molecule has 1 heterocycles. The molecule has 1 aromatic carbocycles. The van der Waals surface area contributed by atoms with Gasteiger partial charge in [0.15, 0.2) is 18.1 Å². The zero-order chi connectivity index (χ0) is 17.6. The fourth-order valence-corrected chi connectivity index (χ4v) is 6.26. The van der Waals surface area contributed by atoms with E-state index in [1.54, 1.807) is 7.11 Å². The first-order chi connectivity index (χ1) is 12.2. The summed E-state index contributed by atoms with van der Waals surface area (Å²) in [6.45, 7) is 2.25. The Hall–Kier alpha value is -1.01. The number of nitrogens with one attached hydrogen (secondary N) is 1. The van der Waals surface area contributed by atoms with Gasteiger partial charge in [-0.15, -0.1) is 23.5 Å². The summed E-state index contributed by atoms with van der Waals surface area (Å²) in [6.07, 6.45) is 4.73. The van der Waals surface area contributed by atoms with Crippen LogP contribution >= 0.6 is 23.5 Å². The Balaban J connectivity index is 1.55. The quantitative estimate of drug-likeness (QED) is 0.798. The van der Waals surface area contributed by atoms with Gasteiger partial charge in [-0.1, -0.05) is 25.8 Å². The Kier molecular flexibility index (Phi) is 6.82. The molecule has 1 saturated heterocycles. The molecule has 138 valence electrons. The number of thioether (sulfide) groups is 2. The molecule has 1 saturated carbocycles. The van der Waals surface area contributed by atoms with Crippen molar-refractivity contribution in [1.29, 1.82) is 0 Å². The van der Waals surface area contributed by atoms with Crippen molar-refractivity contribution in [3.05, 3.63) is 23.8 Å². The molecule has 2 fully saturated rings. The van der Waals surface area contributed by atoms with E-state index >= 15 is 0 Å². The lowest BCUT2D eigenvalue weighted by Crippen LogP contribution is -2.43. The van der Waals surface area contributed by atoms with Gasteiger partial charge in [-0.25, -0.2) is 0 Å². The van der Waals surface area contributed by atoms with Gasteiger partial charge in [0, 0.05) is 17.5 Å². The number of rotatable bonds is 6. The molecular weight excluding hydrogens is 354 g/mol. The molecule has 0 unspecified atom stereocenters. The number of ether oxygens (including phenoxy) is 2. The van der Waals surface area contributed by atoms with E-state index in [0.29, 0.717) is 22.0 Å². The van der Waals surface area contributed by atoms with Crippen LogP contribution in [-0.4, -0.2) is 37.2 Å². The lowest BCUT2D eigenvalue weighted by Gasteiger charge is -2.29. The Bertz CT molecular complexity index is 590. The van der Waals surface area contributed by atoms with Crippen LogP contribution in [0.4, 0.5) is 0 Å². The summed E-state index contributed by atoms with van der Waals surface area (Å²) in [6, 6.07) is 6.32. The highest BCUT2D eigenvalue weighted by molar-refractivity contribution is 8.19. The molecule has 0 aromatic heterocycles. The third-order valence-corrected chi connectivity index (χ3v) is 8.00. The fourth-order valence-electron chi connectivity index (χ4n) is 3.42. The number of carbonyl (C=O) groups is 1. The normalized spacial score (nSPS) is 24.1. The number of hydrogen-bond donors (Lipinski definition) is 1. The molecule has 1 amide bonds. The maximum atomic E-state index is 12.2. The van der Waals surface area contributed by atoms with E-state index < -0.39 is 0 Å². The highest BCUT2D eigenvalue weighted by Crippen LogP contribution is 2.46. The fraction of sp³-hybridized carbons (Fsp3) is 0.632. The summed E-state index contributed by atoms with van der Waals surface area (Å²) in [5.74, 6) is 4.21. The van der Waals surface area contributed by atoms with Crippen molar-refractivity contribution in [3.63, 3.8) is 0 Å². The monoisotopic (exact) mass is 381 g/mol. The van der Waals surface area contributed by atoms with Gasteiger partial charge in [-0.3, -0.25) is 4.79 Å². The van der Waals surface area contributed by atoms with Crippen LogP contribution in [0.3, 0.4) is 0 Å². The molecule has 0 spiro atoms. The van der Waals surface area contributed by atoms with Crippen molar-refractivity contribution in [2.45, 2.75) is 43.2 Å². The molecule has 4 nitrogen and oxygen atoms in total. The van der Waals surface area contributed by atoms with Gasteiger partial charge in [-0.05, 0) is 36.5 Å². The van der Waals surface area contributed by atoms with Crippen LogP contribution in [0.15, 0.2) is 18.2 Å². The topological polar surface area (TPSA) is 47.6 Å². The number of benzene rings is 1. The third kappa shape index (κ3) is 5.00. The summed E-state index contributed by atoms with van der Waals surface area (Å²) in [4.78, 5) is 12.2. The molecular formula is C19H27NO3S2. The van der Waals surface area contributed by atoms with Crippen molar-refractivity contribution < 1.29 is 14.3 Å². The maximum Gasteiger partial charge on any atom is 0.258 e. The van der Waals surface area contributed by atoms with E-state index in [1.807, 2.05) is 35.7 Å². The largest absolute Gasteiger partial charge is 0.493 e. The molecule has 6 heteroatoms. The van der Waals surface area contributed by atoms with Gasteiger partial charge in [0.1, 0.15) is 0 Å². The van der Waals surface area contributed by atoms with Crippen molar-refractivity contribution in [3.8, 4) is 11.5 Å². The summed E-state index contributed by atoms with van der Waals surface area (Å²) >= 11 is 3.92. The summed E-state index contributed by atoms with van der Waals surface area (Å²) < 4.78 is 11.7. The van der Waals surface area contributed by atoms with E-state index in [9.17, 15) is 4.79 Å². The van der Waals surface area contributed by atoms with Crippen molar-refractivity contribution >= 4 is 29.4 Å². The van der Waals surface area contributed by atoms with Crippen LogP contribution in [0.25, 0.3) is 0 Å². The highest BCUT2D eigenvalue weighted by atomic mass is 32.2. The molecule has 2 atom stereocenters. The minimum atomic E-state index is -0.0493. The van der Waals surface area contributed by atoms with Crippen LogP contribution in [-0.2, 0) is 4.79 Å². The molecule has 2 aliphatic rings. The molecule has 3 rings (SSSR count). The first-order valence-electron chi connectivity index (χ1n) is 9.00. The molecule has 1 aliphatic heterocycles. The smallest absolute Gasteiger partial charge is 0.258 e. The van der Waals surface area contributed by atoms with Crippen molar-refractivity contribution in [1.82, 2.24) is 5.32 Å². The van der Waals surface area contributed by atoms with Crippen LogP contribution < -0.4 is 14.8 Å². The van der Waals surface area contributed by atoms with Crippen LogP contribution in [0.5, 0.6) is 11.5 Å². The van der Waals surface area contributed by atoms with E-state index in [4.69, 9.17) is 9.47 Å². The first-order valence-corrected chi connectivity index (χ1v) is 11.1. The lowest BCUT2D eigenvalue weighted by atomic mass is 9.86. The second-order valence-corrected chi connectivity index (χ2v) is 9.43. The number of hydrogen-bond acceptors (Lipinski definition) is 5. The molecule has 0 radical (unpaired) electrons. The Morgan fingerprint density at radius 2 is 1.96 bits per heavy atom. The second-order valence-electron chi connectivity index (χ2n) is 6.71. The molecule has 0 bridgehead atoms. The van der Waals surface area contributed by atoms with Gasteiger partial charge in [0.25, 0.3) is 5.91 Å². The van der Waals surface area contributed by atoms with Crippen LogP contribution in [0, 0.1) is 5.92 Å². The van der Waals surface area contributed by atoms with Gasteiger partial charge in [-0.2, -0.15) is 0 Å². The average Bonchev–Trinajstić information content (AvgIpc) is 3.16. The zero-order valence-electron chi connectivity index (χ0n) is 15.0. The number of carbonyl (C=O) groups excluding carboxylic acids is 1. The van der Waals surface area contributed by atoms with Gasteiger partial charge < -0.3 is 14.8 Å². The van der Waals surface area contributed by atoms with Gasteiger partial charge in [0.2, 0.25) is 0 Å². The minimum absolute atomic E-state index is 0.0336. The maximum absolute atomic E-state index is 12.2. The minimum Gasteiger partial charge on any atom is -0.493 e. The van der Waals surface area contributed by atoms with Crippen LogP contribution in [0.1, 0.15) is 42.8 Å². The summed E-state index contributed by atoms with van der Waals surface area (Å²) in [5, 5.41) is 3.12. The predicted molar refractivity (Wildman–Crippen MR) is 106 cm³/mol. The van der Waals surface area contributed by atoms with Crippen molar-refractivity contribution in [2.24, 2.45) is 5.92 Å².